The quantitative estimate of drug-likeness (QED) is 0.675. The van der Waals surface area contributed by atoms with Gasteiger partial charge in [-0.1, -0.05) is 0 Å². The number of aromatic nitrogens is 6. The minimum Gasteiger partial charge on any atom is -0.352 e. The molecule has 1 saturated heterocycles. The highest BCUT2D eigenvalue weighted by molar-refractivity contribution is 5.94. The highest BCUT2D eigenvalue weighted by Gasteiger charge is 2.30. The van der Waals surface area contributed by atoms with Crippen LogP contribution in [0.4, 0.5) is 5.82 Å². The fourth-order valence-corrected chi connectivity index (χ4v) is 3.50. The van der Waals surface area contributed by atoms with E-state index in [1.165, 1.54) is 0 Å². The van der Waals surface area contributed by atoms with Gasteiger partial charge in [-0.25, -0.2) is 9.97 Å². The summed E-state index contributed by atoms with van der Waals surface area (Å²) in [7, 11) is 3.69. The second kappa shape index (κ2) is 6.08. The Morgan fingerprint density at radius 2 is 1.96 bits per heavy atom. The van der Waals surface area contributed by atoms with Gasteiger partial charge in [-0.3, -0.25) is 14.2 Å². The Bertz CT molecular complexity index is 974. The smallest absolute Gasteiger partial charge is 0.257 e. The summed E-state index contributed by atoms with van der Waals surface area (Å²) in [5.41, 5.74) is 1.45. The molecular formula is C17H22N8O. The van der Waals surface area contributed by atoms with Gasteiger partial charge in [0, 0.05) is 46.0 Å². The molecule has 136 valence electrons. The van der Waals surface area contributed by atoms with Crippen molar-refractivity contribution in [3.63, 3.8) is 0 Å². The number of hydrogen-bond acceptors (Lipinski definition) is 6. The van der Waals surface area contributed by atoms with Crippen LogP contribution in [-0.4, -0.2) is 66.0 Å². The molecule has 9 nitrogen and oxygen atoms in total. The average Bonchev–Trinajstić information content (AvgIpc) is 3.20. The summed E-state index contributed by atoms with van der Waals surface area (Å²) in [4.78, 5) is 26.0. The number of aryl methyl sites for hydroxylation is 3. The van der Waals surface area contributed by atoms with Crippen LogP contribution in [0, 0.1) is 6.92 Å². The van der Waals surface area contributed by atoms with Gasteiger partial charge < -0.3 is 9.80 Å². The molecule has 1 amide bonds. The van der Waals surface area contributed by atoms with Crippen molar-refractivity contribution in [3.05, 3.63) is 30.0 Å². The largest absolute Gasteiger partial charge is 0.352 e. The molecule has 0 radical (unpaired) electrons. The topological polar surface area (TPSA) is 85.0 Å². The van der Waals surface area contributed by atoms with Gasteiger partial charge in [-0.05, 0) is 13.8 Å². The van der Waals surface area contributed by atoms with Gasteiger partial charge in [0.25, 0.3) is 5.91 Å². The van der Waals surface area contributed by atoms with E-state index in [1.54, 1.807) is 21.8 Å². The van der Waals surface area contributed by atoms with E-state index < -0.39 is 0 Å². The van der Waals surface area contributed by atoms with Crippen molar-refractivity contribution in [1.82, 2.24) is 34.4 Å². The van der Waals surface area contributed by atoms with E-state index in [4.69, 9.17) is 0 Å². The molecule has 9 heteroatoms. The van der Waals surface area contributed by atoms with Crippen LogP contribution in [0.2, 0.25) is 0 Å². The fraction of sp³-hybridized carbons (Fsp3) is 0.471. The van der Waals surface area contributed by atoms with Gasteiger partial charge in [0.1, 0.15) is 11.6 Å². The molecular weight excluding hydrogens is 332 g/mol. The number of hydrogen-bond donors (Lipinski definition) is 0. The lowest BCUT2D eigenvalue weighted by atomic mass is 10.1. The minimum atomic E-state index is 0.0237. The Morgan fingerprint density at radius 3 is 2.65 bits per heavy atom. The zero-order chi connectivity index (χ0) is 18.4. The number of fused-ring (bicyclic) bond motifs is 1. The molecule has 0 aliphatic carbocycles. The number of carbonyl (C=O) groups excluding carboxylic acids is 1. The van der Waals surface area contributed by atoms with Gasteiger partial charge >= 0.3 is 0 Å². The highest BCUT2D eigenvalue weighted by atomic mass is 16.2. The maximum Gasteiger partial charge on any atom is 0.257 e. The fourth-order valence-electron chi connectivity index (χ4n) is 3.50. The van der Waals surface area contributed by atoms with E-state index >= 15 is 0 Å². The minimum absolute atomic E-state index is 0.0237. The molecule has 3 aromatic heterocycles. The molecule has 1 aliphatic rings. The number of carbonyl (C=O) groups is 1. The zero-order valence-corrected chi connectivity index (χ0v) is 15.4. The Balaban J connectivity index is 1.58. The van der Waals surface area contributed by atoms with E-state index in [-0.39, 0.29) is 11.9 Å². The molecule has 0 bridgehead atoms. The molecule has 3 aromatic rings. The van der Waals surface area contributed by atoms with Gasteiger partial charge in [0.15, 0.2) is 5.65 Å². The number of anilines is 1. The lowest BCUT2D eigenvalue weighted by Gasteiger charge is -2.40. The van der Waals surface area contributed by atoms with Crippen molar-refractivity contribution >= 4 is 22.8 Å². The third-order valence-electron chi connectivity index (χ3n) is 4.82. The summed E-state index contributed by atoms with van der Waals surface area (Å²) in [5, 5.41) is 9.35. The van der Waals surface area contributed by atoms with Crippen LogP contribution in [0.5, 0.6) is 0 Å². The molecule has 1 unspecified atom stereocenters. The summed E-state index contributed by atoms with van der Waals surface area (Å²) in [6.45, 7) is 6.03. The summed E-state index contributed by atoms with van der Waals surface area (Å²) >= 11 is 0. The van der Waals surface area contributed by atoms with Crippen LogP contribution in [-0.2, 0) is 14.1 Å². The number of piperazine rings is 1. The van der Waals surface area contributed by atoms with Crippen LogP contribution in [0.25, 0.3) is 11.0 Å². The van der Waals surface area contributed by atoms with Crippen molar-refractivity contribution in [2.45, 2.75) is 19.9 Å². The van der Waals surface area contributed by atoms with Crippen molar-refractivity contribution in [3.8, 4) is 0 Å². The van der Waals surface area contributed by atoms with Gasteiger partial charge in [0.05, 0.1) is 23.3 Å². The van der Waals surface area contributed by atoms with Gasteiger partial charge in [0.2, 0.25) is 0 Å². The molecule has 26 heavy (non-hydrogen) atoms. The molecule has 4 heterocycles. The predicted octanol–water partition coefficient (Wildman–Crippen LogP) is 0.756. The molecule has 0 N–H and O–H groups in total. The van der Waals surface area contributed by atoms with Gasteiger partial charge in [-0.15, -0.1) is 0 Å². The normalized spacial score (nSPS) is 17.9. The second-order valence-corrected chi connectivity index (χ2v) is 6.80. The van der Waals surface area contributed by atoms with Crippen LogP contribution in [0.1, 0.15) is 23.1 Å². The zero-order valence-electron chi connectivity index (χ0n) is 15.4. The first-order valence-electron chi connectivity index (χ1n) is 8.65. The van der Waals surface area contributed by atoms with Crippen LogP contribution in [0.15, 0.2) is 18.6 Å². The summed E-state index contributed by atoms with van der Waals surface area (Å²) in [6.07, 6.45) is 5.19. The van der Waals surface area contributed by atoms with Gasteiger partial charge in [-0.2, -0.15) is 10.2 Å². The van der Waals surface area contributed by atoms with E-state index in [2.05, 4.69) is 32.0 Å². The second-order valence-electron chi connectivity index (χ2n) is 6.80. The number of nitrogens with zero attached hydrogens (tertiary/aromatic N) is 8. The van der Waals surface area contributed by atoms with E-state index in [0.29, 0.717) is 18.7 Å². The Kier molecular flexibility index (Phi) is 3.86. The van der Waals surface area contributed by atoms with Crippen molar-refractivity contribution in [1.29, 1.82) is 0 Å². The number of amides is 1. The standard InChI is InChI=1S/C17H22N8O/c1-11-9-24(5-6-25(11)17(26)13-7-18-22(3)10-13)16-14-8-19-23(4)15(14)20-12(2)21-16/h7-8,10-11H,5-6,9H2,1-4H3. The third kappa shape index (κ3) is 2.69. The SMILES string of the molecule is Cc1nc(N2CCN(C(=O)c3cnn(C)c3)C(C)C2)c2cnn(C)c2n1. The van der Waals surface area contributed by atoms with Crippen LogP contribution >= 0.6 is 0 Å². The van der Waals surface area contributed by atoms with Crippen molar-refractivity contribution in [2.75, 3.05) is 24.5 Å². The Morgan fingerprint density at radius 1 is 1.15 bits per heavy atom. The molecule has 1 fully saturated rings. The molecule has 0 spiro atoms. The van der Waals surface area contributed by atoms with Crippen LogP contribution < -0.4 is 4.90 Å². The highest BCUT2D eigenvalue weighted by Crippen LogP contribution is 2.26. The Labute approximate surface area is 151 Å². The molecule has 1 aliphatic heterocycles. The summed E-state index contributed by atoms with van der Waals surface area (Å²) in [6, 6.07) is 0.0680. The van der Waals surface area contributed by atoms with Crippen molar-refractivity contribution in [2.24, 2.45) is 14.1 Å². The van der Waals surface area contributed by atoms with E-state index in [9.17, 15) is 4.79 Å². The maximum absolute atomic E-state index is 12.8. The summed E-state index contributed by atoms with van der Waals surface area (Å²) in [5.74, 6) is 1.63. The van der Waals surface area contributed by atoms with Crippen molar-refractivity contribution < 1.29 is 4.79 Å². The first-order chi connectivity index (χ1) is 12.4. The lowest BCUT2D eigenvalue weighted by Crippen LogP contribution is -2.54. The van der Waals surface area contributed by atoms with Crippen LogP contribution in [0.3, 0.4) is 0 Å². The summed E-state index contributed by atoms with van der Waals surface area (Å²) < 4.78 is 3.41. The monoisotopic (exact) mass is 354 g/mol. The third-order valence-corrected chi connectivity index (χ3v) is 4.82. The van der Waals surface area contributed by atoms with E-state index in [0.717, 1.165) is 29.2 Å². The first kappa shape index (κ1) is 16.5. The average molecular weight is 354 g/mol. The lowest BCUT2D eigenvalue weighted by molar-refractivity contribution is 0.0673. The van der Waals surface area contributed by atoms with E-state index in [1.807, 2.05) is 32.1 Å². The molecule has 4 rings (SSSR count). The number of rotatable bonds is 2. The maximum atomic E-state index is 12.8. The molecule has 0 aromatic carbocycles. The first-order valence-corrected chi connectivity index (χ1v) is 8.65. The molecule has 1 atom stereocenters. The molecule has 0 saturated carbocycles. The predicted molar refractivity (Wildman–Crippen MR) is 97.0 cm³/mol. The Hall–Kier alpha value is -2.97.